The molecule has 0 spiro atoms. The number of halogens is 2. The molecule has 0 saturated heterocycles. The van der Waals surface area contributed by atoms with Crippen LogP contribution in [0.3, 0.4) is 0 Å². The fourth-order valence-corrected chi connectivity index (χ4v) is 6.44. The highest BCUT2D eigenvalue weighted by Crippen LogP contribution is 2.39. The van der Waals surface area contributed by atoms with Gasteiger partial charge in [0.1, 0.15) is 5.75 Å². The van der Waals surface area contributed by atoms with Crippen LogP contribution in [0.1, 0.15) is 90.3 Å². The first-order valence-corrected chi connectivity index (χ1v) is 17.5. The molecule has 0 aliphatic rings. The summed E-state index contributed by atoms with van der Waals surface area (Å²) in [6, 6.07) is 9.29. The van der Waals surface area contributed by atoms with Crippen LogP contribution in [-0.4, -0.2) is 25.2 Å². The molecule has 0 fully saturated rings. The van der Waals surface area contributed by atoms with E-state index < -0.39 is 0 Å². The lowest BCUT2D eigenvalue weighted by atomic mass is 9.95. The van der Waals surface area contributed by atoms with E-state index in [4.69, 9.17) is 27.9 Å². The van der Waals surface area contributed by atoms with Gasteiger partial charge in [-0.05, 0) is 68.4 Å². The van der Waals surface area contributed by atoms with E-state index in [9.17, 15) is 0 Å². The van der Waals surface area contributed by atoms with Crippen molar-refractivity contribution in [3.05, 3.63) is 51.6 Å². The molecule has 7 nitrogen and oxygen atoms in total. The summed E-state index contributed by atoms with van der Waals surface area (Å²) in [5, 5.41) is 19.8. The highest BCUT2D eigenvalue weighted by atomic mass is 35.5. The second-order valence-corrected chi connectivity index (χ2v) is 13.3. The Morgan fingerprint density at radius 1 is 0.818 bits per heavy atom. The average molecular weight is 660 g/mol. The van der Waals surface area contributed by atoms with Crippen LogP contribution in [0.15, 0.2) is 50.8 Å². The van der Waals surface area contributed by atoms with E-state index in [1.54, 1.807) is 25.3 Å². The highest BCUT2D eigenvalue weighted by molar-refractivity contribution is 7.19. The zero-order valence-electron chi connectivity index (χ0n) is 27.4. The number of aryl methyl sites for hydroxylation is 2. The van der Waals surface area contributed by atoms with Gasteiger partial charge in [0.05, 0.1) is 29.9 Å². The molecule has 1 heterocycles. The van der Waals surface area contributed by atoms with Crippen LogP contribution in [0, 0.1) is 25.7 Å². The summed E-state index contributed by atoms with van der Waals surface area (Å²) >= 11 is 13.5. The summed E-state index contributed by atoms with van der Waals surface area (Å²) in [5.41, 5.74) is 4.24. The van der Waals surface area contributed by atoms with Crippen molar-refractivity contribution in [2.24, 2.45) is 32.3 Å². The molecule has 44 heavy (non-hydrogen) atoms. The van der Waals surface area contributed by atoms with Gasteiger partial charge < -0.3 is 9.64 Å². The zero-order valence-corrected chi connectivity index (χ0v) is 29.7. The monoisotopic (exact) mass is 658 g/mol. The molecule has 2 atom stereocenters. The first kappa shape index (κ1) is 35.9. The van der Waals surface area contributed by atoms with Crippen molar-refractivity contribution in [3.63, 3.8) is 0 Å². The molecular weight excluding hydrogens is 611 g/mol. The van der Waals surface area contributed by atoms with Gasteiger partial charge in [0.2, 0.25) is 5.13 Å². The number of benzene rings is 2. The predicted molar refractivity (Wildman–Crippen MR) is 188 cm³/mol. The fraction of sp³-hybridized carbons (Fsp3) is 0.559. The van der Waals surface area contributed by atoms with Crippen LogP contribution >= 0.6 is 34.5 Å². The van der Waals surface area contributed by atoms with Crippen molar-refractivity contribution in [1.29, 1.82) is 0 Å². The molecule has 3 aromatic rings. The van der Waals surface area contributed by atoms with E-state index in [2.05, 4.69) is 71.0 Å². The van der Waals surface area contributed by atoms with Gasteiger partial charge in [-0.25, -0.2) is 4.98 Å². The quantitative estimate of drug-likeness (QED) is 0.128. The summed E-state index contributed by atoms with van der Waals surface area (Å²) < 4.78 is 5.98. The Hall–Kier alpha value is -2.55. The lowest BCUT2D eigenvalue weighted by Crippen LogP contribution is -2.34. The molecule has 0 amide bonds. The third-order valence-electron chi connectivity index (χ3n) is 7.99. The van der Waals surface area contributed by atoms with Gasteiger partial charge in [0, 0.05) is 29.2 Å². The van der Waals surface area contributed by atoms with Crippen molar-refractivity contribution in [3.8, 4) is 5.75 Å². The minimum absolute atomic E-state index is 0.505. The number of thiazole rings is 1. The van der Waals surface area contributed by atoms with E-state index >= 15 is 0 Å². The van der Waals surface area contributed by atoms with Gasteiger partial charge in [-0.15, -0.1) is 20.5 Å². The number of nitrogens with zero attached hydrogens (tertiary/aromatic N) is 6. The molecule has 240 valence electrons. The van der Waals surface area contributed by atoms with Crippen LogP contribution in [0.4, 0.5) is 27.2 Å². The van der Waals surface area contributed by atoms with Gasteiger partial charge in [-0.3, -0.25) is 0 Å². The van der Waals surface area contributed by atoms with Crippen molar-refractivity contribution in [1.82, 2.24) is 4.98 Å². The maximum Gasteiger partial charge on any atom is 0.232 e. The molecule has 2 aromatic carbocycles. The Balaban J connectivity index is 1.87. The minimum atomic E-state index is 0.505. The van der Waals surface area contributed by atoms with E-state index in [0.717, 1.165) is 41.5 Å². The lowest BCUT2D eigenvalue weighted by Gasteiger charge is -2.33. The summed E-state index contributed by atoms with van der Waals surface area (Å²) in [4.78, 5) is 7.12. The first-order valence-electron chi connectivity index (χ1n) is 15.9. The molecule has 3 rings (SSSR count). The van der Waals surface area contributed by atoms with Gasteiger partial charge in [0.15, 0.2) is 5.00 Å². The first-order chi connectivity index (χ1) is 21.2. The maximum absolute atomic E-state index is 6.09. The summed E-state index contributed by atoms with van der Waals surface area (Å²) in [5.74, 6) is 2.13. The second-order valence-electron chi connectivity index (χ2n) is 11.5. The van der Waals surface area contributed by atoms with Crippen LogP contribution in [-0.2, 0) is 0 Å². The third kappa shape index (κ3) is 10.8. The van der Waals surface area contributed by atoms with Gasteiger partial charge in [-0.2, -0.15) is 0 Å². The van der Waals surface area contributed by atoms with Crippen LogP contribution in [0.25, 0.3) is 0 Å². The number of azo groups is 2. The highest BCUT2D eigenvalue weighted by Gasteiger charge is 2.21. The molecule has 0 bridgehead atoms. The van der Waals surface area contributed by atoms with Crippen molar-refractivity contribution >= 4 is 61.7 Å². The van der Waals surface area contributed by atoms with Crippen LogP contribution in [0.5, 0.6) is 5.75 Å². The van der Waals surface area contributed by atoms with E-state index in [-0.39, 0.29) is 0 Å². The number of hydrogen-bond acceptors (Lipinski definition) is 8. The van der Waals surface area contributed by atoms with Crippen LogP contribution < -0.4 is 9.64 Å². The summed E-state index contributed by atoms with van der Waals surface area (Å²) in [7, 11) is 1.74. The molecule has 10 heteroatoms. The molecule has 2 unspecified atom stereocenters. The molecule has 0 N–H and O–H groups in total. The van der Waals surface area contributed by atoms with E-state index in [1.807, 2.05) is 13.0 Å². The fourth-order valence-electron chi connectivity index (χ4n) is 5.22. The summed E-state index contributed by atoms with van der Waals surface area (Å²) in [6.07, 6.45) is 9.86. The number of unbranched alkanes of at least 4 members (excludes halogenated alkanes) is 2. The predicted octanol–water partition coefficient (Wildman–Crippen LogP) is 13.1. The Morgan fingerprint density at radius 2 is 1.43 bits per heavy atom. The smallest absolute Gasteiger partial charge is 0.232 e. The lowest BCUT2D eigenvalue weighted by molar-refractivity contribution is 0.390. The molecule has 0 radical (unpaired) electrons. The van der Waals surface area contributed by atoms with Gasteiger partial charge >= 0.3 is 0 Å². The van der Waals surface area contributed by atoms with Gasteiger partial charge in [0.25, 0.3) is 0 Å². The summed E-state index contributed by atoms with van der Waals surface area (Å²) in [6.45, 7) is 15.2. The number of anilines is 1. The normalized spacial score (nSPS) is 13.2. The maximum atomic E-state index is 6.09. The van der Waals surface area contributed by atoms with Crippen molar-refractivity contribution in [2.45, 2.75) is 92.9 Å². The van der Waals surface area contributed by atoms with Crippen LogP contribution in [0.2, 0.25) is 10.0 Å². The van der Waals surface area contributed by atoms with E-state index in [1.165, 1.54) is 62.7 Å². The average Bonchev–Trinajstić information content (AvgIpc) is 3.36. The van der Waals surface area contributed by atoms with E-state index in [0.29, 0.717) is 37.7 Å². The number of aromatic nitrogens is 1. The Labute approximate surface area is 278 Å². The molecule has 0 aliphatic carbocycles. The largest absolute Gasteiger partial charge is 0.495 e. The van der Waals surface area contributed by atoms with Crippen molar-refractivity contribution in [2.75, 3.05) is 25.1 Å². The zero-order chi connectivity index (χ0) is 32.1. The number of methoxy groups -OCH3 is 1. The molecular formula is C34H48Cl2N6OS. The third-order valence-corrected chi connectivity index (χ3v) is 9.35. The Kier molecular flexibility index (Phi) is 15.0. The standard InChI is InChI=1S/C34H48Cl2N6OS/c1-8-12-14-25(10-3)21-42(22-26(11-4)15-13-9-2)31-16-23(5)30(20-32(31)43-7)39-41-34-37-24(6)33(44-34)40-38-29-18-27(35)17-28(36)19-29/h16-20,25-26H,8-15,21-22H2,1-7H3. The Morgan fingerprint density at radius 3 is 1.98 bits per heavy atom. The van der Waals surface area contributed by atoms with Gasteiger partial charge in [-0.1, -0.05) is 101 Å². The number of hydrogen-bond donors (Lipinski definition) is 0. The van der Waals surface area contributed by atoms with Crippen molar-refractivity contribution < 1.29 is 4.74 Å². The molecule has 1 aromatic heterocycles. The number of rotatable bonds is 18. The topological polar surface area (TPSA) is 74.8 Å². The number of ether oxygens (including phenoxy) is 1. The molecule has 0 aliphatic heterocycles. The Bertz CT molecular complexity index is 1350. The second kappa shape index (κ2) is 18.4. The SMILES string of the molecule is CCCCC(CC)CN(CC(CC)CCCC)c1cc(C)c(N=Nc2nc(C)c(N=Nc3cc(Cl)cc(Cl)c3)s2)cc1OC. The minimum Gasteiger partial charge on any atom is -0.495 e. The molecule has 0 saturated carbocycles.